The Hall–Kier alpha value is -1.54. The summed E-state index contributed by atoms with van der Waals surface area (Å²) >= 11 is 6.93. The van der Waals surface area contributed by atoms with E-state index in [1.807, 2.05) is 6.07 Å². The molecular weight excluding hydrogens is 382 g/mol. The average Bonchev–Trinajstić information content (AvgIpc) is 2.59. The van der Waals surface area contributed by atoms with Crippen molar-refractivity contribution in [3.63, 3.8) is 0 Å². The van der Waals surface area contributed by atoms with Crippen molar-refractivity contribution in [2.24, 2.45) is 0 Å². The molecule has 0 aliphatic rings. The molecule has 0 fully saturated rings. The maximum atomic E-state index is 12.2. The molecule has 0 radical (unpaired) electrons. The van der Waals surface area contributed by atoms with Crippen LogP contribution in [0.1, 0.15) is 12.5 Å². The van der Waals surface area contributed by atoms with Gasteiger partial charge in [-0.25, -0.2) is 13.1 Å². The molecule has 8 heteroatoms. The highest BCUT2D eigenvalue weighted by Gasteiger charge is 2.35. The largest absolute Gasteiger partial charge is 0.480 e. The van der Waals surface area contributed by atoms with E-state index in [2.05, 4.69) is 4.72 Å². The molecule has 134 valence electrons. The minimum atomic E-state index is -3.65. The predicted molar refractivity (Wildman–Crippen MR) is 101 cm³/mol. The van der Waals surface area contributed by atoms with Crippen LogP contribution in [0.15, 0.2) is 59.5 Å². The summed E-state index contributed by atoms with van der Waals surface area (Å²) in [5.41, 5.74) is 0.660. The number of thioether (sulfide) groups is 1. The maximum absolute atomic E-state index is 12.2. The highest BCUT2D eigenvalue weighted by Crippen LogP contribution is 2.36. The van der Waals surface area contributed by atoms with E-state index in [9.17, 15) is 18.3 Å². The number of carboxylic acids is 1. The van der Waals surface area contributed by atoms with Gasteiger partial charge < -0.3 is 5.11 Å². The van der Waals surface area contributed by atoms with E-state index >= 15 is 0 Å². The number of hydrogen-bond donors (Lipinski definition) is 2. The number of rotatable bonds is 8. The van der Waals surface area contributed by atoms with Crippen molar-refractivity contribution in [3.8, 4) is 0 Å². The Morgan fingerprint density at radius 3 is 2.32 bits per heavy atom. The van der Waals surface area contributed by atoms with Crippen molar-refractivity contribution >= 4 is 39.4 Å². The molecule has 2 aromatic carbocycles. The summed E-state index contributed by atoms with van der Waals surface area (Å²) < 4.78 is 25.7. The van der Waals surface area contributed by atoms with Crippen molar-refractivity contribution in [1.29, 1.82) is 0 Å². The summed E-state index contributed by atoms with van der Waals surface area (Å²) in [4.78, 5) is 11.8. The first-order chi connectivity index (χ1) is 11.8. The number of aliphatic carboxylic acids is 1. The molecule has 0 saturated heterocycles. The van der Waals surface area contributed by atoms with E-state index in [4.69, 9.17) is 11.6 Å². The van der Waals surface area contributed by atoms with Gasteiger partial charge in [-0.1, -0.05) is 41.9 Å². The highest BCUT2D eigenvalue weighted by molar-refractivity contribution is 8.01. The third-order valence-corrected chi connectivity index (χ3v) is 6.77. The van der Waals surface area contributed by atoms with E-state index in [1.165, 1.54) is 36.0 Å². The normalized spacial score (nSPS) is 14.0. The summed E-state index contributed by atoms with van der Waals surface area (Å²) in [6.45, 7) is 1.73. The van der Waals surface area contributed by atoms with E-state index in [-0.39, 0.29) is 11.4 Å². The lowest BCUT2D eigenvalue weighted by Gasteiger charge is -2.24. The fourth-order valence-corrected chi connectivity index (χ4v) is 4.48. The molecule has 0 aliphatic carbocycles. The third-order valence-electron chi connectivity index (χ3n) is 3.64. The molecule has 2 aromatic rings. The molecule has 0 saturated carbocycles. The number of carboxylic acid groups (broad SMARTS) is 1. The van der Waals surface area contributed by atoms with Gasteiger partial charge in [0.05, 0.1) is 4.90 Å². The van der Waals surface area contributed by atoms with Crippen molar-refractivity contribution in [1.82, 2.24) is 4.72 Å². The van der Waals surface area contributed by atoms with Crippen LogP contribution in [0.4, 0.5) is 0 Å². The molecule has 0 heterocycles. The molecule has 1 unspecified atom stereocenters. The average molecular weight is 400 g/mol. The van der Waals surface area contributed by atoms with Gasteiger partial charge in [0.25, 0.3) is 0 Å². The van der Waals surface area contributed by atoms with Gasteiger partial charge in [0, 0.05) is 17.3 Å². The van der Waals surface area contributed by atoms with Gasteiger partial charge in [-0.2, -0.15) is 0 Å². The monoisotopic (exact) mass is 399 g/mol. The summed E-state index contributed by atoms with van der Waals surface area (Å²) in [5.74, 6) is -0.658. The standard InChI is InChI=1S/C17H18ClNO4S2/c1-17(16(20)21,13-5-3-2-4-6-13)24-12-11-19-25(22,23)15-9-7-14(18)8-10-15/h2-10,19H,11-12H2,1H3,(H,20,21). The number of sulfonamides is 1. The SMILES string of the molecule is CC(SCCNS(=O)(=O)c1ccc(Cl)cc1)(C(=O)O)c1ccccc1. The molecule has 5 nitrogen and oxygen atoms in total. The van der Waals surface area contributed by atoms with Crippen LogP contribution in [-0.4, -0.2) is 31.8 Å². The molecule has 0 aliphatic heterocycles. The smallest absolute Gasteiger partial charge is 0.324 e. The van der Waals surface area contributed by atoms with E-state index in [0.29, 0.717) is 16.3 Å². The van der Waals surface area contributed by atoms with Crippen molar-refractivity contribution < 1.29 is 18.3 Å². The second-order valence-corrected chi connectivity index (χ2v) is 9.12. The molecule has 2 rings (SSSR count). The van der Waals surface area contributed by atoms with Crippen LogP contribution in [0.3, 0.4) is 0 Å². The summed E-state index contributed by atoms with van der Waals surface area (Å²) in [5, 5.41) is 10.0. The van der Waals surface area contributed by atoms with E-state index < -0.39 is 20.7 Å². The molecule has 0 bridgehead atoms. The van der Waals surface area contributed by atoms with Gasteiger partial charge in [0.15, 0.2) is 0 Å². The Morgan fingerprint density at radius 2 is 1.76 bits per heavy atom. The lowest BCUT2D eigenvalue weighted by molar-refractivity contribution is -0.139. The summed E-state index contributed by atoms with van der Waals surface area (Å²) in [6.07, 6.45) is 0. The van der Waals surface area contributed by atoms with Crippen LogP contribution in [0.5, 0.6) is 0 Å². The van der Waals surface area contributed by atoms with Crippen LogP contribution < -0.4 is 4.72 Å². The Morgan fingerprint density at radius 1 is 1.16 bits per heavy atom. The highest BCUT2D eigenvalue weighted by atomic mass is 35.5. The summed E-state index contributed by atoms with van der Waals surface area (Å²) in [7, 11) is -3.65. The maximum Gasteiger partial charge on any atom is 0.324 e. The molecule has 1 atom stereocenters. The molecule has 0 amide bonds. The van der Waals surface area contributed by atoms with Crippen LogP contribution in [-0.2, 0) is 19.6 Å². The minimum Gasteiger partial charge on any atom is -0.480 e. The molecule has 0 spiro atoms. The fourth-order valence-electron chi connectivity index (χ4n) is 2.15. The van der Waals surface area contributed by atoms with E-state index in [1.54, 1.807) is 31.2 Å². The van der Waals surface area contributed by atoms with Crippen LogP contribution in [0.2, 0.25) is 5.02 Å². The third kappa shape index (κ3) is 4.98. The predicted octanol–water partition coefficient (Wildman–Crippen LogP) is 3.35. The first-order valence-corrected chi connectivity index (χ1v) is 10.3. The number of nitrogens with one attached hydrogen (secondary N) is 1. The van der Waals surface area contributed by atoms with Crippen LogP contribution >= 0.6 is 23.4 Å². The number of benzene rings is 2. The second kappa shape index (κ2) is 8.23. The van der Waals surface area contributed by atoms with Crippen molar-refractivity contribution in [2.45, 2.75) is 16.6 Å². The second-order valence-electron chi connectivity index (χ2n) is 5.40. The zero-order valence-electron chi connectivity index (χ0n) is 13.5. The topological polar surface area (TPSA) is 83.5 Å². The van der Waals surface area contributed by atoms with Crippen LogP contribution in [0.25, 0.3) is 0 Å². The van der Waals surface area contributed by atoms with Gasteiger partial charge >= 0.3 is 5.97 Å². The minimum absolute atomic E-state index is 0.116. The fraction of sp³-hybridized carbons (Fsp3) is 0.235. The van der Waals surface area contributed by atoms with Crippen molar-refractivity contribution in [3.05, 3.63) is 65.2 Å². The Labute approximate surface area is 156 Å². The lowest BCUT2D eigenvalue weighted by Crippen LogP contribution is -2.32. The quantitative estimate of drug-likeness (QED) is 0.665. The van der Waals surface area contributed by atoms with Gasteiger partial charge in [-0.3, -0.25) is 4.79 Å². The van der Waals surface area contributed by atoms with Gasteiger partial charge in [0.2, 0.25) is 10.0 Å². The lowest BCUT2D eigenvalue weighted by atomic mass is 10.0. The van der Waals surface area contributed by atoms with E-state index in [0.717, 1.165) is 0 Å². The summed E-state index contributed by atoms with van der Waals surface area (Å²) in [6, 6.07) is 14.7. The van der Waals surface area contributed by atoms with Crippen molar-refractivity contribution in [2.75, 3.05) is 12.3 Å². The first kappa shape index (κ1) is 19.8. The van der Waals surface area contributed by atoms with Crippen LogP contribution in [0, 0.1) is 0 Å². The molecular formula is C17H18ClNO4S2. The number of carbonyl (C=O) groups is 1. The number of hydrogen-bond acceptors (Lipinski definition) is 4. The molecule has 25 heavy (non-hydrogen) atoms. The zero-order chi connectivity index (χ0) is 18.5. The zero-order valence-corrected chi connectivity index (χ0v) is 15.9. The van der Waals surface area contributed by atoms with Gasteiger partial charge in [-0.05, 0) is 36.8 Å². The van der Waals surface area contributed by atoms with Gasteiger partial charge in [0.1, 0.15) is 4.75 Å². The Balaban J connectivity index is 1.99. The number of halogens is 1. The first-order valence-electron chi connectivity index (χ1n) is 7.44. The Bertz CT molecular complexity index is 825. The molecule has 0 aromatic heterocycles. The van der Waals surface area contributed by atoms with Gasteiger partial charge in [-0.15, -0.1) is 11.8 Å². The molecule has 2 N–H and O–H groups in total. The Kier molecular flexibility index (Phi) is 6.51.